The van der Waals surface area contributed by atoms with Crippen molar-refractivity contribution in [3.8, 4) is 0 Å². The smallest absolute Gasteiger partial charge is 0.201 e. The lowest BCUT2D eigenvalue weighted by Crippen LogP contribution is -2.48. The maximum absolute atomic E-state index is 13.9. The summed E-state index contributed by atoms with van der Waals surface area (Å²) in [5, 5.41) is 0. The molecule has 0 saturated carbocycles. The number of hydrogen-bond acceptors (Lipinski definition) is 3. The molecule has 0 saturated heterocycles. The van der Waals surface area contributed by atoms with Crippen LogP contribution in [0.15, 0.2) is 36.5 Å². The van der Waals surface area contributed by atoms with E-state index < -0.39 is 25.9 Å². The second kappa shape index (κ2) is 9.29. The molecule has 1 aliphatic rings. The van der Waals surface area contributed by atoms with E-state index in [1.54, 1.807) is 18.3 Å². The molecule has 0 N–H and O–H groups in total. The van der Waals surface area contributed by atoms with Crippen molar-refractivity contribution in [2.45, 2.75) is 83.0 Å². The van der Waals surface area contributed by atoms with Gasteiger partial charge >= 0.3 is 0 Å². The molecule has 168 valence electrons. The second-order valence-electron chi connectivity index (χ2n) is 9.53. The van der Waals surface area contributed by atoms with Crippen molar-refractivity contribution in [2.75, 3.05) is 0 Å². The standard InChI is InChI=1S/C25H33F2NO2Si/c1-15(2)31(16(3)4,17(5)6)30-23-12-10-19(18-9-11-21(26)22(27)14-18)25(29)20-8-7-13-28-24(20)23/h7-9,11,13-17,19,23H,10,12H2,1-6H3/t19-,23+/m0/s1. The van der Waals surface area contributed by atoms with Crippen molar-refractivity contribution < 1.29 is 18.0 Å². The highest BCUT2D eigenvalue weighted by Gasteiger charge is 2.48. The largest absolute Gasteiger partial charge is 0.408 e. The first-order valence-corrected chi connectivity index (χ1v) is 13.4. The molecule has 0 amide bonds. The highest BCUT2D eigenvalue weighted by molar-refractivity contribution is 6.77. The van der Waals surface area contributed by atoms with E-state index in [0.717, 1.165) is 12.1 Å². The monoisotopic (exact) mass is 445 g/mol. The van der Waals surface area contributed by atoms with Crippen molar-refractivity contribution in [1.82, 2.24) is 4.98 Å². The Balaban J connectivity index is 2.04. The lowest BCUT2D eigenvalue weighted by Gasteiger charge is -2.44. The summed E-state index contributed by atoms with van der Waals surface area (Å²) in [6, 6.07) is 7.27. The highest BCUT2D eigenvalue weighted by Crippen LogP contribution is 2.47. The third-order valence-electron chi connectivity index (χ3n) is 6.84. The number of hydrogen-bond donors (Lipinski definition) is 0. The van der Waals surface area contributed by atoms with Crippen LogP contribution in [0.1, 0.15) is 88.0 Å². The summed E-state index contributed by atoms with van der Waals surface area (Å²) in [4.78, 5) is 18.0. The van der Waals surface area contributed by atoms with Gasteiger partial charge in [-0.05, 0) is 59.3 Å². The number of benzene rings is 1. The van der Waals surface area contributed by atoms with Crippen LogP contribution in [0.3, 0.4) is 0 Å². The van der Waals surface area contributed by atoms with Gasteiger partial charge in [-0.25, -0.2) is 8.78 Å². The number of pyridine rings is 1. The van der Waals surface area contributed by atoms with Crippen molar-refractivity contribution in [3.63, 3.8) is 0 Å². The predicted octanol–water partition coefficient (Wildman–Crippen LogP) is 7.35. The number of halogens is 2. The molecule has 1 aromatic heterocycles. The van der Waals surface area contributed by atoms with Gasteiger partial charge in [0, 0.05) is 17.7 Å². The summed E-state index contributed by atoms with van der Waals surface area (Å²) in [6.45, 7) is 13.4. The summed E-state index contributed by atoms with van der Waals surface area (Å²) in [7, 11) is -2.21. The van der Waals surface area contributed by atoms with Crippen LogP contribution < -0.4 is 0 Å². The van der Waals surface area contributed by atoms with Crippen LogP contribution in [0.25, 0.3) is 0 Å². The molecule has 1 heterocycles. The van der Waals surface area contributed by atoms with Gasteiger partial charge in [0.05, 0.1) is 11.8 Å². The predicted molar refractivity (Wildman–Crippen MR) is 122 cm³/mol. The van der Waals surface area contributed by atoms with Crippen LogP contribution in [0.2, 0.25) is 16.6 Å². The van der Waals surface area contributed by atoms with Crippen molar-refractivity contribution >= 4 is 14.1 Å². The maximum atomic E-state index is 13.9. The molecule has 0 spiro atoms. The molecule has 0 bridgehead atoms. The third-order valence-corrected chi connectivity index (χ3v) is 12.9. The first kappa shape index (κ1) is 23.7. The van der Waals surface area contributed by atoms with E-state index in [1.165, 1.54) is 6.07 Å². The van der Waals surface area contributed by atoms with E-state index in [0.29, 0.717) is 46.3 Å². The maximum Gasteiger partial charge on any atom is 0.201 e. The van der Waals surface area contributed by atoms with Gasteiger partial charge in [-0.1, -0.05) is 47.6 Å². The topological polar surface area (TPSA) is 39.2 Å². The van der Waals surface area contributed by atoms with E-state index in [-0.39, 0.29) is 11.9 Å². The number of aromatic nitrogens is 1. The fourth-order valence-corrected chi connectivity index (χ4v) is 11.0. The molecule has 0 aliphatic heterocycles. The van der Waals surface area contributed by atoms with E-state index >= 15 is 0 Å². The lowest BCUT2D eigenvalue weighted by molar-refractivity contribution is 0.0956. The minimum absolute atomic E-state index is 0.105. The van der Waals surface area contributed by atoms with Crippen LogP contribution in [-0.2, 0) is 4.43 Å². The van der Waals surface area contributed by atoms with E-state index in [1.807, 2.05) is 0 Å². The zero-order chi connectivity index (χ0) is 22.9. The number of carbonyl (C=O) groups excluding carboxylic acids is 1. The lowest BCUT2D eigenvalue weighted by atomic mass is 9.89. The minimum Gasteiger partial charge on any atom is -0.408 e. The zero-order valence-corrected chi connectivity index (χ0v) is 20.3. The van der Waals surface area contributed by atoms with Gasteiger partial charge in [0.15, 0.2) is 17.4 Å². The molecule has 0 radical (unpaired) electrons. The molecule has 31 heavy (non-hydrogen) atoms. The quantitative estimate of drug-likeness (QED) is 0.344. The molecule has 1 aromatic carbocycles. The summed E-state index contributed by atoms with van der Waals surface area (Å²) < 4.78 is 34.4. The second-order valence-corrected chi connectivity index (χ2v) is 14.9. The zero-order valence-electron chi connectivity index (χ0n) is 19.3. The number of fused-ring (bicyclic) bond motifs is 1. The van der Waals surface area contributed by atoms with Crippen molar-refractivity contribution in [2.24, 2.45) is 0 Å². The molecule has 2 atom stereocenters. The normalized spacial score (nSPS) is 19.8. The van der Waals surface area contributed by atoms with Gasteiger partial charge < -0.3 is 4.43 Å². The van der Waals surface area contributed by atoms with Crippen LogP contribution in [0, 0.1) is 11.6 Å². The van der Waals surface area contributed by atoms with Gasteiger partial charge in [-0.3, -0.25) is 9.78 Å². The Kier molecular flexibility index (Phi) is 7.11. The minimum atomic E-state index is -2.21. The Morgan fingerprint density at radius 3 is 2.19 bits per heavy atom. The molecule has 0 unspecified atom stereocenters. The molecule has 1 aliphatic carbocycles. The Hall–Kier alpha value is -1.92. The van der Waals surface area contributed by atoms with Crippen molar-refractivity contribution in [3.05, 3.63) is 65.0 Å². The number of nitrogens with zero attached hydrogens (tertiary/aromatic N) is 1. The molecule has 3 nitrogen and oxygen atoms in total. The van der Waals surface area contributed by atoms with Crippen LogP contribution in [0.5, 0.6) is 0 Å². The van der Waals surface area contributed by atoms with Crippen LogP contribution >= 0.6 is 0 Å². The molecule has 3 rings (SSSR count). The fourth-order valence-electron chi connectivity index (χ4n) is 5.47. The van der Waals surface area contributed by atoms with Crippen LogP contribution in [0.4, 0.5) is 8.78 Å². The summed E-state index contributed by atoms with van der Waals surface area (Å²) in [5.74, 6) is -2.49. The molecule has 6 heteroatoms. The van der Waals surface area contributed by atoms with Gasteiger partial charge in [-0.15, -0.1) is 0 Å². The van der Waals surface area contributed by atoms with Crippen molar-refractivity contribution in [1.29, 1.82) is 0 Å². The van der Waals surface area contributed by atoms with E-state index in [9.17, 15) is 13.6 Å². The summed E-state index contributed by atoms with van der Waals surface area (Å²) >= 11 is 0. The average molecular weight is 446 g/mol. The van der Waals surface area contributed by atoms with E-state index in [4.69, 9.17) is 4.43 Å². The Labute approximate surface area is 185 Å². The Morgan fingerprint density at radius 2 is 1.61 bits per heavy atom. The highest BCUT2D eigenvalue weighted by atomic mass is 28.4. The molecular formula is C25H33F2NO2Si. The van der Waals surface area contributed by atoms with Gasteiger partial charge in [0.25, 0.3) is 0 Å². The Bertz CT molecular complexity index is 923. The van der Waals surface area contributed by atoms with Gasteiger partial charge in [0.1, 0.15) is 0 Å². The summed E-state index contributed by atoms with van der Waals surface area (Å²) in [6.07, 6.45) is 2.53. The van der Waals surface area contributed by atoms with Crippen LogP contribution in [-0.4, -0.2) is 19.1 Å². The number of rotatable bonds is 6. The fraction of sp³-hybridized carbons (Fsp3) is 0.520. The number of ketones is 1. The van der Waals surface area contributed by atoms with Gasteiger partial charge in [0.2, 0.25) is 8.32 Å². The third kappa shape index (κ3) is 4.37. The molecular weight excluding hydrogens is 412 g/mol. The average Bonchev–Trinajstić information content (AvgIpc) is 2.84. The SMILES string of the molecule is CC(C)[Si](O[C@@H]1CC[C@@H](c2ccc(F)c(F)c2)C(=O)c2cccnc21)(C(C)C)C(C)C. The molecule has 0 fully saturated rings. The Morgan fingerprint density at radius 1 is 0.968 bits per heavy atom. The number of carbonyl (C=O) groups is 1. The first-order valence-electron chi connectivity index (χ1n) is 11.2. The van der Waals surface area contributed by atoms with Gasteiger partial charge in [-0.2, -0.15) is 0 Å². The van der Waals surface area contributed by atoms with E-state index in [2.05, 4.69) is 46.5 Å². The first-order chi connectivity index (χ1) is 14.6. The summed E-state index contributed by atoms with van der Waals surface area (Å²) in [5.41, 5.74) is 2.91. The molecule has 2 aromatic rings. The number of Topliss-reactive ketones (excluding diaryl/α,β-unsaturated/α-hetero) is 1.